The van der Waals surface area contributed by atoms with Gasteiger partial charge in [0, 0.05) is 19.3 Å². The van der Waals surface area contributed by atoms with Crippen molar-refractivity contribution in [2.45, 2.75) is 25.8 Å². The van der Waals surface area contributed by atoms with Crippen LogP contribution in [0.15, 0.2) is 47.4 Å². The Morgan fingerprint density at radius 2 is 1.80 bits per heavy atom. The fraction of sp³-hybridized carbons (Fsp3) is 0.200. The van der Waals surface area contributed by atoms with Crippen molar-refractivity contribution >= 4 is 28.5 Å². The summed E-state index contributed by atoms with van der Waals surface area (Å²) in [5, 5.41) is 3.26. The summed E-state index contributed by atoms with van der Waals surface area (Å²) >= 11 is 0. The molecule has 35 heavy (non-hydrogen) atoms. The number of rotatable bonds is 6. The number of aromatic nitrogens is 3. The molecule has 2 aromatic heterocycles. The van der Waals surface area contributed by atoms with Gasteiger partial charge in [-0.15, -0.1) is 0 Å². The van der Waals surface area contributed by atoms with Gasteiger partial charge < -0.3 is 15.3 Å². The molecule has 0 bridgehead atoms. The molecule has 0 spiro atoms. The first-order valence-corrected chi connectivity index (χ1v) is 11.1. The van der Waals surface area contributed by atoms with Gasteiger partial charge in [-0.25, -0.2) is 13.8 Å². The summed E-state index contributed by atoms with van der Waals surface area (Å²) in [7, 11) is 1.42. The zero-order valence-corrected chi connectivity index (χ0v) is 18.9. The Hall–Kier alpha value is -4.34. The van der Waals surface area contributed by atoms with E-state index in [0.29, 0.717) is 23.1 Å². The third-order valence-corrected chi connectivity index (χ3v) is 6.22. The van der Waals surface area contributed by atoms with E-state index in [1.165, 1.54) is 19.3 Å². The van der Waals surface area contributed by atoms with E-state index < -0.39 is 29.0 Å². The summed E-state index contributed by atoms with van der Waals surface area (Å²) in [6, 6.07) is 7.77. The molecule has 5 rings (SSSR count). The van der Waals surface area contributed by atoms with E-state index in [-0.39, 0.29) is 40.5 Å². The summed E-state index contributed by atoms with van der Waals surface area (Å²) in [6.07, 6.45) is 2.26. The van der Waals surface area contributed by atoms with Gasteiger partial charge >= 0.3 is 0 Å². The second kappa shape index (κ2) is 8.46. The minimum Gasteiger partial charge on any atom is -0.381 e. The van der Waals surface area contributed by atoms with Crippen molar-refractivity contribution in [2.24, 2.45) is 0 Å². The molecule has 1 aliphatic rings. The number of imidazole rings is 1. The van der Waals surface area contributed by atoms with Gasteiger partial charge in [0.05, 0.1) is 27.8 Å². The molecule has 0 saturated carbocycles. The fourth-order valence-corrected chi connectivity index (χ4v) is 4.30. The normalized spacial score (nSPS) is 14.0. The number of H-pyrrole nitrogens is 2. The van der Waals surface area contributed by atoms with Crippen LogP contribution in [0.2, 0.25) is 0 Å². The third-order valence-electron chi connectivity index (χ3n) is 6.22. The van der Waals surface area contributed by atoms with E-state index in [4.69, 9.17) is 0 Å². The van der Waals surface area contributed by atoms with Crippen molar-refractivity contribution in [3.8, 4) is 11.4 Å². The molecule has 3 heterocycles. The Morgan fingerprint density at radius 3 is 2.54 bits per heavy atom. The molecule has 0 radical (unpaired) electrons. The lowest BCUT2D eigenvalue weighted by atomic mass is 10.0. The second-order valence-electron chi connectivity index (χ2n) is 8.45. The van der Waals surface area contributed by atoms with Crippen LogP contribution in [-0.2, 0) is 6.42 Å². The number of nitrogens with zero attached hydrogens (tertiary/aromatic N) is 2. The van der Waals surface area contributed by atoms with Crippen LogP contribution in [0.5, 0.6) is 0 Å². The maximum absolute atomic E-state index is 14.2. The van der Waals surface area contributed by atoms with E-state index in [2.05, 4.69) is 20.3 Å². The van der Waals surface area contributed by atoms with Crippen molar-refractivity contribution in [2.75, 3.05) is 12.4 Å². The number of anilines is 1. The molecule has 10 heteroatoms. The number of hydrogen-bond donors (Lipinski definition) is 3. The molecule has 1 atom stereocenters. The molecule has 2 aromatic carbocycles. The molecule has 1 aliphatic heterocycles. The van der Waals surface area contributed by atoms with Crippen LogP contribution in [0, 0.1) is 11.6 Å². The predicted octanol–water partition coefficient (Wildman–Crippen LogP) is 3.86. The van der Waals surface area contributed by atoms with Gasteiger partial charge in [0.25, 0.3) is 17.4 Å². The largest absolute Gasteiger partial charge is 0.381 e. The fourth-order valence-electron chi connectivity index (χ4n) is 4.30. The first-order valence-electron chi connectivity index (χ1n) is 11.1. The van der Waals surface area contributed by atoms with Gasteiger partial charge in [0.15, 0.2) is 0 Å². The van der Waals surface area contributed by atoms with Crippen LogP contribution in [0.3, 0.4) is 0 Å². The van der Waals surface area contributed by atoms with Crippen LogP contribution in [0.25, 0.3) is 22.4 Å². The van der Waals surface area contributed by atoms with Crippen molar-refractivity contribution < 1.29 is 18.4 Å². The number of hydrogen-bond acceptors (Lipinski definition) is 5. The molecule has 8 nitrogen and oxygen atoms in total. The lowest BCUT2D eigenvalue weighted by Crippen LogP contribution is -2.24. The molecular formula is C25H21F2N5O3. The topological polar surface area (TPSA) is 111 Å². The summed E-state index contributed by atoms with van der Waals surface area (Å²) in [6.45, 7) is 1.90. The minimum atomic E-state index is -0.523. The first-order chi connectivity index (χ1) is 16.8. The monoisotopic (exact) mass is 477 g/mol. The number of pyridine rings is 1. The second-order valence-corrected chi connectivity index (χ2v) is 8.45. The molecule has 0 saturated heterocycles. The van der Waals surface area contributed by atoms with Gasteiger partial charge in [-0.3, -0.25) is 19.3 Å². The quantitative estimate of drug-likeness (QED) is 0.365. The van der Waals surface area contributed by atoms with Crippen molar-refractivity contribution in [3.05, 3.63) is 81.3 Å². The number of aromatic amines is 2. The summed E-state index contributed by atoms with van der Waals surface area (Å²) < 4.78 is 27.8. The Bertz CT molecular complexity index is 1510. The van der Waals surface area contributed by atoms with Gasteiger partial charge in [0.1, 0.15) is 23.0 Å². The number of imide groups is 1. The van der Waals surface area contributed by atoms with E-state index in [1.807, 2.05) is 6.92 Å². The zero-order valence-electron chi connectivity index (χ0n) is 18.9. The maximum atomic E-state index is 14.2. The molecule has 2 amide bonds. The molecular weight excluding hydrogens is 456 g/mol. The Kier molecular flexibility index (Phi) is 5.43. The Balaban J connectivity index is 1.52. The van der Waals surface area contributed by atoms with Gasteiger partial charge in [-0.2, -0.15) is 0 Å². The zero-order chi connectivity index (χ0) is 24.9. The number of carbonyl (C=O) groups is 2. The van der Waals surface area contributed by atoms with Crippen LogP contribution >= 0.6 is 0 Å². The predicted molar refractivity (Wildman–Crippen MR) is 126 cm³/mol. The van der Waals surface area contributed by atoms with Crippen molar-refractivity contribution in [1.82, 2.24) is 19.9 Å². The van der Waals surface area contributed by atoms with Crippen LogP contribution < -0.4 is 10.9 Å². The number of amides is 2. The Labute approximate surface area is 198 Å². The highest BCUT2D eigenvalue weighted by molar-refractivity contribution is 6.22. The van der Waals surface area contributed by atoms with Gasteiger partial charge in [-0.1, -0.05) is 6.92 Å². The lowest BCUT2D eigenvalue weighted by Gasteiger charge is -2.20. The van der Waals surface area contributed by atoms with Gasteiger partial charge in [0.2, 0.25) is 0 Å². The van der Waals surface area contributed by atoms with E-state index in [0.717, 1.165) is 23.1 Å². The molecule has 4 aromatic rings. The van der Waals surface area contributed by atoms with E-state index in [9.17, 15) is 23.2 Å². The number of fused-ring (bicyclic) bond motifs is 2. The molecule has 0 aliphatic carbocycles. The Morgan fingerprint density at radius 1 is 1.06 bits per heavy atom. The number of benzene rings is 2. The first kappa shape index (κ1) is 22.5. The van der Waals surface area contributed by atoms with Crippen LogP contribution in [-0.4, -0.2) is 44.8 Å². The van der Waals surface area contributed by atoms with Crippen LogP contribution in [0.4, 0.5) is 14.5 Å². The number of nitrogens with one attached hydrogen (secondary N) is 3. The van der Waals surface area contributed by atoms with Crippen LogP contribution in [0.1, 0.15) is 39.6 Å². The summed E-state index contributed by atoms with van der Waals surface area (Å²) in [4.78, 5) is 48.7. The van der Waals surface area contributed by atoms with Gasteiger partial charge in [-0.05, 0) is 54.8 Å². The average molecular weight is 477 g/mol. The maximum Gasteiger partial charge on any atom is 0.261 e. The smallest absolute Gasteiger partial charge is 0.261 e. The highest BCUT2D eigenvalue weighted by Crippen LogP contribution is 2.30. The molecule has 0 unspecified atom stereocenters. The average Bonchev–Trinajstić information content (AvgIpc) is 3.34. The summed E-state index contributed by atoms with van der Waals surface area (Å²) in [5.74, 6) is -1.60. The molecule has 178 valence electrons. The number of halogens is 2. The molecule has 3 N–H and O–H groups in total. The van der Waals surface area contributed by atoms with Crippen molar-refractivity contribution in [1.29, 1.82) is 0 Å². The SMILES string of the molecule is CC[C@@H](Cc1cc(F)ccc1F)Nc1cc[nH]c(=O)c1-c1nc2cc3c(cc2[nH]1)C(=O)N(C)C3=O. The standard InChI is InChI=1S/C25H21F2N5O3/c1-3-14(9-12-8-13(26)4-5-17(12)27)29-18-6-7-28-23(33)21(18)22-30-19-10-15-16(11-20(19)31-22)25(35)32(2)24(15)34/h4-8,10-11,14H,3,9H2,1-2H3,(H,30,31)(H2,28,29,33)/t14-/m0/s1. The highest BCUT2D eigenvalue weighted by Gasteiger charge is 2.33. The minimum absolute atomic E-state index is 0.205. The molecule has 0 fully saturated rings. The third kappa shape index (κ3) is 3.86. The highest BCUT2D eigenvalue weighted by atomic mass is 19.1. The van der Waals surface area contributed by atoms with Crippen molar-refractivity contribution in [3.63, 3.8) is 0 Å². The number of carbonyl (C=O) groups excluding carboxylic acids is 2. The van der Waals surface area contributed by atoms with E-state index >= 15 is 0 Å². The van der Waals surface area contributed by atoms with E-state index in [1.54, 1.807) is 12.1 Å². The lowest BCUT2D eigenvalue weighted by molar-refractivity contribution is 0.0693. The summed E-state index contributed by atoms with van der Waals surface area (Å²) in [5.41, 5.74) is 1.94.